The second-order valence-electron chi connectivity index (χ2n) is 4.09. The maximum absolute atomic E-state index is 8.73. The topological polar surface area (TPSA) is 49.6 Å². The van der Waals surface area contributed by atoms with Crippen LogP contribution in [0.1, 0.15) is 22.5 Å². The third-order valence-corrected chi connectivity index (χ3v) is 2.96. The molecule has 18 heavy (non-hydrogen) atoms. The van der Waals surface area contributed by atoms with Gasteiger partial charge >= 0.3 is 0 Å². The van der Waals surface area contributed by atoms with Crippen molar-refractivity contribution in [3.8, 4) is 6.07 Å². The molecular weight excluding hydrogens is 246 g/mol. The summed E-state index contributed by atoms with van der Waals surface area (Å²) in [5.41, 5.74) is 2.80. The molecule has 0 saturated carbocycles. The molecule has 90 valence electrons. The van der Waals surface area contributed by atoms with E-state index in [0.29, 0.717) is 17.8 Å². The zero-order chi connectivity index (χ0) is 13.0. The van der Waals surface area contributed by atoms with Gasteiger partial charge in [0, 0.05) is 12.6 Å². The van der Waals surface area contributed by atoms with Crippen molar-refractivity contribution in [2.75, 3.05) is 0 Å². The summed E-state index contributed by atoms with van der Waals surface area (Å²) >= 11 is 5.86. The predicted molar refractivity (Wildman–Crippen MR) is 70.3 cm³/mol. The third kappa shape index (κ3) is 3.06. The molecule has 0 aliphatic rings. The summed E-state index contributed by atoms with van der Waals surface area (Å²) in [6, 6.07) is 10.3. The molecule has 0 unspecified atom stereocenters. The minimum atomic E-state index is 0.228. The molecule has 0 N–H and O–H groups in total. The maximum Gasteiger partial charge on any atom is 0.150 e. The van der Waals surface area contributed by atoms with E-state index >= 15 is 0 Å². The molecule has 0 spiro atoms. The molecule has 0 amide bonds. The van der Waals surface area contributed by atoms with E-state index in [1.165, 1.54) is 17.3 Å². The van der Waals surface area contributed by atoms with E-state index in [1.807, 2.05) is 6.07 Å². The zero-order valence-electron chi connectivity index (χ0n) is 10.0. The Kier molecular flexibility index (Phi) is 3.91. The lowest BCUT2D eigenvalue weighted by molar-refractivity contribution is 0.856. The molecule has 3 nitrogen and oxygen atoms in total. The number of hydrogen-bond acceptors (Lipinski definition) is 3. The number of nitriles is 1. The summed E-state index contributed by atoms with van der Waals surface area (Å²) in [5, 5.41) is 8.96. The van der Waals surface area contributed by atoms with Crippen LogP contribution in [0, 0.1) is 18.3 Å². The smallest absolute Gasteiger partial charge is 0.150 e. The highest BCUT2D eigenvalue weighted by Crippen LogP contribution is 2.12. The Morgan fingerprint density at radius 1 is 1.22 bits per heavy atom. The van der Waals surface area contributed by atoms with Crippen LogP contribution >= 0.6 is 11.6 Å². The van der Waals surface area contributed by atoms with Gasteiger partial charge in [-0.25, -0.2) is 9.97 Å². The largest absolute Gasteiger partial charge is 0.240 e. The lowest BCUT2D eigenvalue weighted by atomic mass is 10.1. The van der Waals surface area contributed by atoms with E-state index in [1.54, 1.807) is 0 Å². The summed E-state index contributed by atoms with van der Waals surface area (Å²) in [6.07, 6.45) is 3.05. The molecule has 0 atom stereocenters. The van der Waals surface area contributed by atoms with Crippen molar-refractivity contribution in [3.05, 3.63) is 58.1 Å². The normalized spacial score (nSPS) is 10.1. The van der Waals surface area contributed by atoms with Crippen LogP contribution in [-0.2, 0) is 12.8 Å². The fourth-order valence-electron chi connectivity index (χ4n) is 1.60. The fourth-order valence-corrected chi connectivity index (χ4v) is 1.79. The number of nitrogens with zero attached hydrogens (tertiary/aromatic N) is 3. The Labute approximate surface area is 111 Å². The highest BCUT2D eigenvalue weighted by Gasteiger charge is 2.04. The molecule has 0 saturated heterocycles. The molecule has 0 radical (unpaired) electrons. The first-order chi connectivity index (χ1) is 8.69. The Bertz CT molecular complexity index is 585. The van der Waals surface area contributed by atoms with Crippen LogP contribution < -0.4 is 0 Å². The van der Waals surface area contributed by atoms with Crippen LogP contribution in [0.4, 0.5) is 0 Å². The van der Waals surface area contributed by atoms with Gasteiger partial charge in [-0.05, 0) is 18.9 Å². The first kappa shape index (κ1) is 12.5. The van der Waals surface area contributed by atoms with Crippen molar-refractivity contribution in [1.29, 1.82) is 5.26 Å². The maximum atomic E-state index is 8.73. The minimum absolute atomic E-state index is 0.228. The van der Waals surface area contributed by atoms with Crippen molar-refractivity contribution in [1.82, 2.24) is 9.97 Å². The van der Waals surface area contributed by atoms with E-state index < -0.39 is 0 Å². The molecular formula is C14H12ClN3. The van der Waals surface area contributed by atoms with Gasteiger partial charge in [0.05, 0.1) is 0 Å². The molecule has 0 aliphatic heterocycles. The Morgan fingerprint density at radius 2 is 1.94 bits per heavy atom. The highest BCUT2D eigenvalue weighted by molar-refractivity contribution is 6.30. The lowest BCUT2D eigenvalue weighted by Crippen LogP contribution is -1.99. The van der Waals surface area contributed by atoms with Crippen molar-refractivity contribution in [3.63, 3.8) is 0 Å². The van der Waals surface area contributed by atoms with E-state index in [0.717, 1.165) is 6.42 Å². The molecule has 2 rings (SSSR count). The van der Waals surface area contributed by atoms with E-state index in [4.69, 9.17) is 16.9 Å². The quantitative estimate of drug-likeness (QED) is 0.794. The number of hydrogen-bond donors (Lipinski definition) is 0. The molecule has 1 heterocycles. The van der Waals surface area contributed by atoms with Gasteiger partial charge in [0.25, 0.3) is 0 Å². The number of rotatable bonds is 3. The van der Waals surface area contributed by atoms with Gasteiger partial charge in [0.15, 0.2) is 5.15 Å². The summed E-state index contributed by atoms with van der Waals surface area (Å²) in [7, 11) is 0. The van der Waals surface area contributed by atoms with E-state index in [-0.39, 0.29) is 5.15 Å². The highest BCUT2D eigenvalue weighted by atomic mass is 35.5. The number of halogens is 1. The first-order valence-electron chi connectivity index (χ1n) is 5.66. The fraction of sp³-hybridized carbons (Fsp3) is 0.214. The van der Waals surface area contributed by atoms with Gasteiger partial charge in [-0.2, -0.15) is 5.26 Å². The number of benzene rings is 1. The SMILES string of the molecule is Cc1ccc(CCc2ncc(C#N)c(Cl)n2)cc1. The van der Waals surface area contributed by atoms with Crippen molar-refractivity contribution >= 4 is 11.6 Å². The third-order valence-electron chi connectivity index (χ3n) is 2.67. The predicted octanol–water partition coefficient (Wildman–Crippen LogP) is 3.10. The van der Waals surface area contributed by atoms with Crippen LogP contribution in [-0.4, -0.2) is 9.97 Å². The first-order valence-corrected chi connectivity index (χ1v) is 6.04. The zero-order valence-corrected chi connectivity index (χ0v) is 10.8. The summed E-state index contributed by atoms with van der Waals surface area (Å²) in [6.45, 7) is 2.06. The summed E-state index contributed by atoms with van der Waals surface area (Å²) < 4.78 is 0. The number of aromatic nitrogens is 2. The lowest BCUT2D eigenvalue weighted by Gasteiger charge is -2.02. The van der Waals surface area contributed by atoms with E-state index in [9.17, 15) is 0 Å². The average Bonchev–Trinajstić information content (AvgIpc) is 2.38. The van der Waals surface area contributed by atoms with Crippen molar-refractivity contribution in [2.24, 2.45) is 0 Å². The van der Waals surface area contributed by atoms with Crippen LogP contribution in [0.15, 0.2) is 30.5 Å². The second kappa shape index (κ2) is 5.61. The average molecular weight is 258 g/mol. The van der Waals surface area contributed by atoms with Crippen LogP contribution in [0.25, 0.3) is 0 Å². The molecule has 0 aliphatic carbocycles. The number of aryl methyl sites for hydroxylation is 3. The Hall–Kier alpha value is -1.92. The van der Waals surface area contributed by atoms with Crippen molar-refractivity contribution < 1.29 is 0 Å². The van der Waals surface area contributed by atoms with Crippen molar-refractivity contribution in [2.45, 2.75) is 19.8 Å². The molecule has 1 aromatic carbocycles. The van der Waals surface area contributed by atoms with Gasteiger partial charge in [-0.15, -0.1) is 0 Å². The second-order valence-corrected chi connectivity index (χ2v) is 4.45. The van der Waals surface area contributed by atoms with Crippen LogP contribution in [0.5, 0.6) is 0 Å². The van der Waals surface area contributed by atoms with E-state index in [2.05, 4.69) is 41.2 Å². The molecule has 0 bridgehead atoms. The molecule has 0 fully saturated rings. The van der Waals surface area contributed by atoms with Gasteiger partial charge in [-0.3, -0.25) is 0 Å². The minimum Gasteiger partial charge on any atom is -0.240 e. The van der Waals surface area contributed by atoms with Crippen LogP contribution in [0.3, 0.4) is 0 Å². The molecule has 4 heteroatoms. The molecule has 2 aromatic rings. The Morgan fingerprint density at radius 3 is 2.56 bits per heavy atom. The Balaban J connectivity index is 2.04. The molecule has 1 aromatic heterocycles. The van der Waals surface area contributed by atoms with Gasteiger partial charge in [0.2, 0.25) is 0 Å². The van der Waals surface area contributed by atoms with Gasteiger partial charge < -0.3 is 0 Å². The standard InChI is InChI=1S/C14H12ClN3/c1-10-2-4-11(5-3-10)6-7-13-17-9-12(8-16)14(15)18-13/h2-5,9H,6-7H2,1H3. The van der Waals surface area contributed by atoms with Crippen LogP contribution in [0.2, 0.25) is 5.15 Å². The van der Waals surface area contributed by atoms with Gasteiger partial charge in [-0.1, -0.05) is 41.4 Å². The summed E-state index contributed by atoms with van der Waals surface area (Å²) in [4.78, 5) is 8.23. The summed E-state index contributed by atoms with van der Waals surface area (Å²) in [5.74, 6) is 0.666. The monoisotopic (exact) mass is 257 g/mol. The van der Waals surface area contributed by atoms with Gasteiger partial charge in [0.1, 0.15) is 17.5 Å².